The Kier molecular flexibility index (Phi) is 17.8. The molecule has 0 saturated heterocycles. The fourth-order valence-corrected chi connectivity index (χ4v) is 2.62. The van der Waals surface area contributed by atoms with Crippen LogP contribution in [-0.2, 0) is 18.1 Å². The van der Waals surface area contributed by atoms with Crippen LogP contribution in [0.3, 0.4) is 0 Å². The van der Waals surface area contributed by atoms with Gasteiger partial charge in [0, 0.05) is 29.2 Å². The predicted octanol–water partition coefficient (Wildman–Crippen LogP) is 6.59. The molecule has 0 rings (SSSR count). The van der Waals surface area contributed by atoms with E-state index in [9.17, 15) is 4.57 Å². The molecule has 0 unspecified atom stereocenters. The molecule has 4 nitrogen and oxygen atoms in total. The zero-order valence-corrected chi connectivity index (χ0v) is 17.1. The van der Waals surface area contributed by atoms with Crippen molar-refractivity contribution < 1.29 is 18.1 Å². The third-order valence-electron chi connectivity index (χ3n) is 1.76. The number of halogens is 6. The van der Waals surface area contributed by atoms with Crippen molar-refractivity contribution in [3.63, 3.8) is 0 Å². The summed E-state index contributed by atoms with van der Waals surface area (Å²) in [4.78, 5) is -1.89. The van der Waals surface area contributed by atoms with E-state index in [2.05, 4.69) is 0 Å². The van der Waals surface area contributed by atoms with Gasteiger partial charge in [-0.1, -0.05) is 0 Å². The van der Waals surface area contributed by atoms with Crippen LogP contribution in [0.4, 0.5) is 0 Å². The summed E-state index contributed by atoms with van der Waals surface area (Å²) < 4.78 is 27.5. The van der Waals surface area contributed by atoms with E-state index in [1.54, 1.807) is 0 Å². The van der Waals surface area contributed by atoms with Crippen LogP contribution in [0.25, 0.3) is 0 Å². The van der Waals surface area contributed by atoms with E-state index < -0.39 is 22.3 Å². The molecule has 3 radical (unpaired) electrons. The van der Waals surface area contributed by atoms with E-state index in [0.717, 1.165) is 0 Å². The number of phosphoric ester groups is 1. The molecule has 0 aliphatic heterocycles. The maximum atomic E-state index is 12.2. The first kappa shape index (κ1) is 25.5. The molecule has 127 valence electrons. The molecule has 0 N–H and O–H groups in total. The first-order valence-electron chi connectivity index (χ1n) is 5.63. The third-order valence-corrected chi connectivity index (χ3v) is 4.56. The van der Waals surface area contributed by atoms with E-state index in [1.807, 2.05) is 0 Å². The summed E-state index contributed by atoms with van der Waals surface area (Å²) in [5, 5.41) is 0. The van der Waals surface area contributed by atoms with Gasteiger partial charge in [-0.2, -0.15) is 0 Å². The van der Waals surface area contributed by atoms with E-state index in [0.29, 0.717) is 0 Å². The maximum absolute atomic E-state index is 12.2. The number of phosphoric acid groups is 1. The summed E-state index contributed by atoms with van der Waals surface area (Å²) in [6, 6.07) is 0. The number of rotatable bonds is 12. The van der Waals surface area contributed by atoms with E-state index in [-0.39, 0.29) is 49.0 Å². The van der Waals surface area contributed by atoms with E-state index >= 15 is 0 Å². The van der Waals surface area contributed by atoms with Crippen LogP contribution >= 0.6 is 87.3 Å². The van der Waals surface area contributed by atoms with Gasteiger partial charge in [0.15, 0.2) is 0 Å². The molecule has 0 aromatic heterocycles. The molecular weight excluding hydrogens is 447 g/mol. The van der Waals surface area contributed by atoms with Gasteiger partial charge in [-0.15, -0.1) is 69.6 Å². The first-order valence-corrected chi connectivity index (χ1v) is 9.71. The van der Waals surface area contributed by atoms with E-state index in [1.165, 1.54) is 0 Å². The molecular formula is C9H15Cl6O4P2. The van der Waals surface area contributed by atoms with Crippen molar-refractivity contribution in [3.8, 4) is 0 Å². The van der Waals surface area contributed by atoms with Crippen molar-refractivity contribution in [2.45, 2.75) is 33.8 Å². The summed E-state index contributed by atoms with van der Waals surface area (Å²) in [6.07, 6.45) is 0.837. The molecule has 21 heavy (non-hydrogen) atoms. The Labute approximate surface area is 158 Å². The van der Waals surface area contributed by atoms with Gasteiger partial charge in [0.05, 0.1) is 19.8 Å². The lowest BCUT2D eigenvalue weighted by Gasteiger charge is -2.18. The smallest absolute Gasteiger partial charge is 0.287 e. The molecule has 0 heterocycles. The molecule has 0 aromatic carbocycles. The summed E-state index contributed by atoms with van der Waals surface area (Å²) >= 11 is 33.3. The van der Waals surface area contributed by atoms with E-state index in [4.69, 9.17) is 83.2 Å². The zero-order valence-electron chi connectivity index (χ0n) is 10.8. The van der Waals surface area contributed by atoms with Crippen molar-refractivity contribution in [1.82, 2.24) is 0 Å². The summed E-state index contributed by atoms with van der Waals surface area (Å²) in [7, 11) is -3.74. The lowest BCUT2D eigenvalue weighted by molar-refractivity contribution is 0.112. The minimum absolute atomic E-state index is 0. The van der Waals surface area contributed by atoms with Crippen LogP contribution < -0.4 is 0 Å². The van der Waals surface area contributed by atoms with Crippen molar-refractivity contribution in [3.05, 3.63) is 0 Å². The molecule has 0 fully saturated rings. The SMILES string of the molecule is O=P(OCCC(Cl)Cl)(OCCC(Cl)Cl)OCCC(Cl)Cl.[P]. The number of hydrogen-bond acceptors (Lipinski definition) is 4. The van der Waals surface area contributed by atoms with Crippen molar-refractivity contribution in [2.75, 3.05) is 19.8 Å². The van der Waals surface area contributed by atoms with Gasteiger partial charge in [0.1, 0.15) is 14.5 Å². The Morgan fingerprint density at radius 3 is 1.10 bits per heavy atom. The molecule has 0 atom stereocenters. The van der Waals surface area contributed by atoms with Crippen molar-refractivity contribution >= 4 is 87.3 Å². The van der Waals surface area contributed by atoms with Gasteiger partial charge in [0.2, 0.25) is 0 Å². The van der Waals surface area contributed by atoms with Crippen LogP contribution in [0.5, 0.6) is 0 Å². The monoisotopic (exact) mass is 459 g/mol. The Balaban J connectivity index is 0. The normalized spacial score (nSPS) is 12.2. The summed E-state index contributed by atoms with van der Waals surface area (Å²) in [5.74, 6) is 0. The molecule has 0 spiro atoms. The molecule has 0 saturated carbocycles. The Hall–Kier alpha value is 2.28. The lowest BCUT2D eigenvalue weighted by Crippen LogP contribution is -2.07. The Morgan fingerprint density at radius 2 is 0.905 bits per heavy atom. The second-order valence-electron chi connectivity index (χ2n) is 3.49. The summed E-state index contributed by atoms with van der Waals surface area (Å²) in [6.45, 7) is 0.0574. The molecule has 12 heteroatoms. The molecule has 0 aliphatic rings. The van der Waals surface area contributed by atoms with Gasteiger partial charge in [0.25, 0.3) is 0 Å². The quantitative estimate of drug-likeness (QED) is 0.243. The summed E-state index contributed by atoms with van der Waals surface area (Å²) in [5.41, 5.74) is 0. The number of hydrogen-bond donors (Lipinski definition) is 0. The average Bonchev–Trinajstić information content (AvgIpc) is 2.27. The minimum atomic E-state index is -3.74. The fraction of sp³-hybridized carbons (Fsp3) is 1.00. The third kappa shape index (κ3) is 16.9. The second kappa shape index (κ2) is 14.6. The van der Waals surface area contributed by atoms with Crippen LogP contribution in [0.15, 0.2) is 0 Å². The van der Waals surface area contributed by atoms with Gasteiger partial charge < -0.3 is 0 Å². The standard InChI is InChI=1S/C9H15Cl6O4P.P/c10-7(11)1-4-17-20(16,18-5-2-8(12)13)19-6-3-9(14)15;/h7-9H,1-6H2;. The molecule has 0 amide bonds. The van der Waals surface area contributed by atoms with Crippen LogP contribution in [-0.4, -0.2) is 34.3 Å². The highest BCUT2D eigenvalue weighted by Gasteiger charge is 2.27. The number of alkyl halides is 6. The first-order chi connectivity index (χ1) is 9.25. The van der Waals surface area contributed by atoms with Crippen LogP contribution in [0.1, 0.15) is 19.3 Å². The van der Waals surface area contributed by atoms with Crippen molar-refractivity contribution in [2.24, 2.45) is 0 Å². The fourth-order valence-electron chi connectivity index (χ4n) is 0.873. The van der Waals surface area contributed by atoms with Crippen LogP contribution in [0, 0.1) is 0 Å². The predicted molar refractivity (Wildman–Crippen MR) is 92.7 cm³/mol. The average molecular weight is 462 g/mol. The van der Waals surface area contributed by atoms with Gasteiger partial charge >= 0.3 is 7.82 Å². The molecule has 0 aliphatic carbocycles. The Morgan fingerprint density at radius 1 is 0.667 bits per heavy atom. The minimum Gasteiger partial charge on any atom is -0.287 e. The highest BCUT2D eigenvalue weighted by molar-refractivity contribution is 7.48. The van der Waals surface area contributed by atoms with Gasteiger partial charge in [-0.3, -0.25) is 13.6 Å². The molecule has 0 aromatic rings. The van der Waals surface area contributed by atoms with Crippen LogP contribution in [0.2, 0.25) is 0 Å². The zero-order chi connectivity index (χ0) is 15.6. The van der Waals surface area contributed by atoms with Crippen molar-refractivity contribution in [1.29, 1.82) is 0 Å². The van der Waals surface area contributed by atoms with Gasteiger partial charge in [-0.25, -0.2) is 4.57 Å². The second-order valence-corrected chi connectivity index (χ2v) is 8.99. The maximum Gasteiger partial charge on any atom is 0.474 e. The van der Waals surface area contributed by atoms with Gasteiger partial charge in [-0.05, 0) is 0 Å². The lowest BCUT2D eigenvalue weighted by atomic mass is 10.5. The largest absolute Gasteiger partial charge is 0.474 e. The molecule has 0 bridgehead atoms. The highest BCUT2D eigenvalue weighted by atomic mass is 35.5. The topological polar surface area (TPSA) is 44.8 Å². The Bertz CT molecular complexity index is 253. The highest BCUT2D eigenvalue weighted by Crippen LogP contribution is 2.50.